The van der Waals surface area contributed by atoms with Crippen molar-refractivity contribution < 1.29 is 4.74 Å². The van der Waals surface area contributed by atoms with E-state index in [0.717, 1.165) is 11.3 Å². The fourth-order valence-electron chi connectivity index (χ4n) is 1.29. The minimum Gasteiger partial charge on any atom is -0.459 e. The molecule has 2 rings (SSSR count). The van der Waals surface area contributed by atoms with Gasteiger partial charge in [0.1, 0.15) is 11.8 Å². The Morgan fingerprint density at radius 1 is 1.19 bits per heavy atom. The van der Waals surface area contributed by atoms with Crippen LogP contribution in [0.5, 0.6) is 6.01 Å². The third kappa shape index (κ3) is 2.94. The van der Waals surface area contributed by atoms with Gasteiger partial charge < -0.3 is 4.74 Å². The van der Waals surface area contributed by atoms with Gasteiger partial charge in [-0.15, -0.1) is 0 Å². The Bertz CT molecular complexity index is 453. The van der Waals surface area contributed by atoms with Crippen LogP contribution in [0.3, 0.4) is 0 Å². The molecule has 0 atom stereocenters. The predicted molar refractivity (Wildman–Crippen MR) is 62.6 cm³/mol. The molecule has 1 heterocycles. The quantitative estimate of drug-likeness (QED) is 0.766. The third-order valence-corrected chi connectivity index (χ3v) is 2.21. The molecule has 1 aromatic heterocycles. The average Bonchev–Trinajstić information content (AvgIpc) is 2.27. The molecule has 0 saturated carbocycles. The van der Waals surface area contributed by atoms with E-state index >= 15 is 0 Å². The van der Waals surface area contributed by atoms with Crippen molar-refractivity contribution in [1.82, 2.24) is 9.97 Å². The Morgan fingerprint density at radius 2 is 1.94 bits per heavy atom. The molecule has 4 heteroatoms. The number of ether oxygens (including phenoxy) is 1. The summed E-state index contributed by atoms with van der Waals surface area (Å²) in [6, 6.07) is 11.9. The summed E-state index contributed by atoms with van der Waals surface area (Å²) in [6.45, 7) is 2.30. The highest BCUT2D eigenvalue weighted by atomic mass is 35.5. The Balaban J connectivity index is 2.05. The molecule has 16 heavy (non-hydrogen) atoms. The van der Waals surface area contributed by atoms with Crippen LogP contribution in [-0.4, -0.2) is 9.97 Å². The van der Waals surface area contributed by atoms with E-state index in [1.165, 1.54) is 0 Å². The monoisotopic (exact) mass is 234 g/mol. The van der Waals surface area contributed by atoms with Gasteiger partial charge in [0.2, 0.25) is 0 Å². The highest BCUT2D eigenvalue weighted by Gasteiger charge is 2.01. The van der Waals surface area contributed by atoms with Gasteiger partial charge in [-0.3, -0.25) is 0 Å². The topological polar surface area (TPSA) is 35.0 Å². The second-order valence-electron chi connectivity index (χ2n) is 3.39. The summed E-state index contributed by atoms with van der Waals surface area (Å²) in [4.78, 5) is 8.11. The third-order valence-electron chi connectivity index (χ3n) is 2.01. The molecule has 82 valence electrons. The van der Waals surface area contributed by atoms with E-state index in [4.69, 9.17) is 16.3 Å². The number of aryl methyl sites for hydroxylation is 1. The Hall–Kier alpha value is -1.61. The smallest absolute Gasteiger partial charge is 0.318 e. The molecular weight excluding hydrogens is 224 g/mol. The Labute approximate surface area is 99.1 Å². The number of rotatable bonds is 3. The number of hydrogen-bond donors (Lipinski definition) is 0. The molecule has 3 nitrogen and oxygen atoms in total. The van der Waals surface area contributed by atoms with Crippen LogP contribution in [0.2, 0.25) is 5.15 Å². The van der Waals surface area contributed by atoms with Gasteiger partial charge in [0.05, 0.1) is 0 Å². The zero-order valence-electron chi connectivity index (χ0n) is 8.85. The lowest BCUT2D eigenvalue weighted by molar-refractivity contribution is 0.280. The van der Waals surface area contributed by atoms with Crippen molar-refractivity contribution in [3.63, 3.8) is 0 Å². The second-order valence-corrected chi connectivity index (χ2v) is 3.78. The van der Waals surface area contributed by atoms with E-state index in [1.807, 2.05) is 37.3 Å². The van der Waals surface area contributed by atoms with E-state index in [2.05, 4.69) is 9.97 Å². The number of nitrogens with zero attached hydrogens (tertiary/aromatic N) is 2. The van der Waals surface area contributed by atoms with Gasteiger partial charge in [-0.25, -0.2) is 4.98 Å². The largest absolute Gasteiger partial charge is 0.459 e. The van der Waals surface area contributed by atoms with Crippen molar-refractivity contribution in [2.45, 2.75) is 13.5 Å². The number of halogens is 1. The SMILES string of the molecule is Cc1cc(Cl)nc(OCc2ccccc2)n1. The van der Waals surface area contributed by atoms with Crippen molar-refractivity contribution in [2.24, 2.45) is 0 Å². The van der Waals surface area contributed by atoms with E-state index in [1.54, 1.807) is 6.07 Å². The second kappa shape index (κ2) is 4.94. The zero-order chi connectivity index (χ0) is 11.4. The van der Waals surface area contributed by atoms with E-state index in [0.29, 0.717) is 17.8 Å². The zero-order valence-corrected chi connectivity index (χ0v) is 9.61. The minimum absolute atomic E-state index is 0.314. The average molecular weight is 235 g/mol. The van der Waals surface area contributed by atoms with Crippen molar-refractivity contribution in [1.29, 1.82) is 0 Å². The first kappa shape index (κ1) is 10.9. The van der Waals surface area contributed by atoms with Gasteiger partial charge in [0.25, 0.3) is 0 Å². The molecule has 1 aromatic carbocycles. The van der Waals surface area contributed by atoms with Crippen LogP contribution in [0.15, 0.2) is 36.4 Å². The molecule has 0 aliphatic rings. The molecule has 0 amide bonds. The maximum atomic E-state index is 5.80. The van der Waals surface area contributed by atoms with E-state index in [-0.39, 0.29) is 0 Å². The Morgan fingerprint density at radius 3 is 2.62 bits per heavy atom. The van der Waals surface area contributed by atoms with Crippen LogP contribution < -0.4 is 4.74 Å². The molecule has 0 spiro atoms. The van der Waals surface area contributed by atoms with Crippen LogP contribution in [0, 0.1) is 6.92 Å². The number of hydrogen-bond acceptors (Lipinski definition) is 3. The summed E-state index contributed by atoms with van der Waals surface area (Å²) in [7, 11) is 0. The lowest BCUT2D eigenvalue weighted by Gasteiger charge is -2.05. The van der Waals surface area contributed by atoms with E-state index < -0.39 is 0 Å². The van der Waals surface area contributed by atoms with Gasteiger partial charge in [-0.05, 0) is 18.6 Å². The molecule has 0 radical (unpaired) electrons. The molecule has 2 aromatic rings. The number of aromatic nitrogens is 2. The van der Waals surface area contributed by atoms with Gasteiger partial charge in [0, 0.05) is 5.69 Å². The first-order valence-corrected chi connectivity index (χ1v) is 5.30. The normalized spacial score (nSPS) is 10.1. The predicted octanol–water partition coefficient (Wildman–Crippen LogP) is 3.02. The molecule has 0 bridgehead atoms. The lowest BCUT2D eigenvalue weighted by Crippen LogP contribution is -2.00. The van der Waals surface area contributed by atoms with Gasteiger partial charge in [0.15, 0.2) is 0 Å². The molecule has 0 unspecified atom stereocenters. The first-order valence-electron chi connectivity index (χ1n) is 4.92. The summed E-state index contributed by atoms with van der Waals surface area (Å²) in [6.07, 6.45) is 0. The summed E-state index contributed by atoms with van der Waals surface area (Å²) in [5.74, 6) is 0. The van der Waals surface area contributed by atoms with Crippen molar-refractivity contribution in [3.05, 3.63) is 52.8 Å². The van der Waals surface area contributed by atoms with Crippen LogP contribution in [0.25, 0.3) is 0 Å². The van der Waals surface area contributed by atoms with Gasteiger partial charge >= 0.3 is 6.01 Å². The molecule has 0 N–H and O–H groups in total. The fourth-order valence-corrected chi connectivity index (χ4v) is 1.52. The summed E-state index contributed by atoms with van der Waals surface area (Å²) >= 11 is 5.80. The molecule has 0 saturated heterocycles. The first-order chi connectivity index (χ1) is 7.74. The number of benzene rings is 1. The molecule has 0 aliphatic heterocycles. The fraction of sp³-hybridized carbons (Fsp3) is 0.167. The summed E-state index contributed by atoms with van der Waals surface area (Å²) in [5.41, 5.74) is 1.87. The Kier molecular flexibility index (Phi) is 3.37. The van der Waals surface area contributed by atoms with Crippen molar-refractivity contribution in [3.8, 4) is 6.01 Å². The summed E-state index contributed by atoms with van der Waals surface area (Å²) in [5, 5.41) is 0.399. The highest BCUT2D eigenvalue weighted by molar-refractivity contribution is 6.29. The minimum atomic E-state index is 0.314. The molecular formula is C12H11ClN2O. The van der Waals surface area contributed by atoms with E-state index in [9.17, 15) is 0 Å². The van der Waals surface area contributed by atoms with Crippen LogP contribution in [0.4, 0.5) is 0 Å². The molecule has 0 fully saturated rings. The van der Waals surface area contributed by atoms with Gasteiger partial charge in [-0.2, -0.15) is 4.98 Å². The molecule has 0 aliphatic carbocycles. The van der Waals surface area contributed by atoms with Crippen LogP contribution in [-0.2, 0) is 6.61 Å². The maximum absolute atomic E-state index is 5.80. The van der Waals surface area contributed by atoms with Crippen molar-refractivity contribution in [2.75, 3.05) is 0 Å². The van der Waals surface area contributed by atoms with Crippen molar-refractivity contribution >= 4 is 11.6 Å². The maximum Gasteiger partial charge on any atom is 0.318 e. The highest BCUT2D eigenvalue weighted by Crippen LogP contribution is 2.12. The van der Waals surface area contributed by atoms with Crippen LogP contribution in [0.1, 0.15) is 11.3 Å². The van der Waals surface area contributed by atoms with Crippen LogP contribution >= 0.6 is 11.6 Å². The lowest BCUT2D eigenvalue weighted by atomic mass is 10.2. The standard InChI is InChI=1S/C12H11ClN2O/c1-9-7-11(13)15-12(14-9)16-8-10-5-3-2-4-6-10/h2-7H,8H2,1H3. The summed E-state index contributed by atoms with van der Waals surface area (Å²) < 4.78 is 5.45. The van der Waals surface area contributed by atoms with Gasteiger partial charge in [-0.1, -0.05) is 41.9 Å².